The topological polar surface area (TPSA) is 47.0 Å². The Balaban J connectivity index is 2.10. The fourth-order valence-corrected chi connectivity index (χ4v) is 2.69. The molecule has 1 aromatic heterocycles. The Labute approximate surface area is 116 Å². The second-order valence-corrected chi connectivity index (χ2v) is 5.51. The zero-order valence-corrected chi connectivity index (χ0v) is 12.3. The molecular formula is C15H25N3O. The van der Waals surface area contributed by atoms with Crippen LogP contribution in [0.4, 0.5) is 5.82 Å². The first-order chi connectivity index (χ1) is 9.24. The van der Waals surface area contributed by atoms with Gasteiger partial charge in [0.1, 0.15) is 18.2 Å². The minimum atomic E-state index is 0.325. The van der Waals surface area contributed by atoms with Gasteiger partial charge in [0.25, 0.3) is 0 Å². The molecule has 1 fully saturated rings. The molecule has 1 aliphatic rings. The Kier molecular flexibility index (Phi) is 5.00. The van der Waals surface area contributed by atoms with Crippen LogP contribution in [0.5, 0.6) is 5.88 Å². The first-order valence-corrected chi connectivity index (χ1v) is 7.42. The quantitative estimate of drug-likeness (QED) is 0.884. The predicted molar refractivity (Wildman–Crippen MR) is 77.6 cm³/mol. The number of nitrogens with one attached hydrogen (secondary N) is 1. The van der Waals surface area contributed by atoms with E-state index < -0.39 is 0 Å². The summed E-state index contributed by atoms with van der Waals surface area (Å²) in [5.41, 5.74) is 1.12. The molecule has 0 unspecified atom stereocenters. The summed E-state index contributed by atoms with van der Waals surface area (Å²) < 4.78 is 6.14. The molecule has 4 heteroatoms. The van der Waals surface area contributed by atoms with Crippen LogP contribution in [0.1, 0.15) is 51.5 Å². The number of nitrogens with zero attached hydrogens (tertiary/aromatic N) is 2. The molecule has 0 aliphatic heterocycles. The van der Waals surface area contributed by atoms with Gasteiger partial charge < -0.3 is 10.1 Å². The first-order valence-electron chi connectivity index (χ1n) is 7.42. The Bertz CT molecular complexity index is 400. The maximum atomic E-state index is 6.14. The van der Waals surface area contributed by atoms with Gasteiger partial charge in [0, 0.05) is 7.05 Å². The van der Waals surface area contributed by atoms with Crippen LogP contribution in [0.25, 0.3) is 0 Å². The molecule has 1 saturated carbocycles. The van der Waals surface area contributed by atoms with Crippen molar-refractivity contribution in [2.75, 3.05) is 12.4 Å². The lowest BCUT2D eigenvalue weighted by Gasteiger charge is -2.27. The fraction of sp³-hybridized carbons (Fsp3) is 0.733. The summed E-state index contributed by atoms with van der Waals surface area (Å²) in [6.45, 7) is 4.49. The maximum absolute atomic E-state index is 6.14. The van der Waals surface area contributed by atoms with Crippen molar-refractivity contribution in [3.63, 3.8) is 0 Å². The van der Waals surface area contributed by atoms with E-state index in [2.05, 4.69) is 29.1 Å². The van der Waals surface area contributed by atoms with E-state index in [4.69, 9.17) is 4.74 Å². The van der Waals surface area contributed by atoms with Gasteiger partial charge in [-0.25, -0.2) is 9.97 Å². The van der Waals surface area contributed by atoms with Gasteiger partial charge in [-0.2, -0.15) is 0 Å². The summed E-state index contributed by atoms with van der Waals surface area (Å²) in [6.07, 6.45) is 8.75. The third kappa shape index (κ3) is 3.58. The zero-order valence-electron chi connectivity index (χ0n) is 12.3. The lowest BCUT2D eigenvalue weighted by Crippen LogP contribution is -2.24. The third-order valence-electron chi connectivity index (χ3n) is 3.88. The van der Waals surface area contributed by atoms with Gasteiger partial charge in [-0.05, 0) is 38.0 Å². The molecular weight excluding hydrogens is 238 g/mol. The summed E-state index contributed by atoms with van der Waals surface area (Å²) >= 11 is 0. The largest absolute Gasteiger partial charge is 0.474 e. The molecule has 0 spiro atoms. The monoisotopic (exact) mass is 263 g/mol. The summed E-state index contributed by atoms with van der Waals surface area (Å²) in [5, 5.41) is 3.13. The number of ether oxygens (including phenoxy) is 1. The van der Waals surface area contributed by atoms with Gasteiger partial charge in [-0.1, -0.05) is 20.3 Å². The van der Waals surface area contributed by atoms with Gasteiger partial charge in [-0.15, -0.1) is 0 Å². The van der Waals surface area contributed by atoms with Crippen LogP contribution in [0.3, 0.4) is 0 Å². The first kappa shape index (κ1) is 14.1. The molecule has 0 atom stereocenters. The summed E-state index contributed by atoms with van der Waals surface area (Å²) in [5.74, 6) is 2.52. The van der Waals surface area contributed by atoms with Gasteiger partial charge >= 0.3 is 0 Å². The van der Waals surface area contributed by atoms with Crippen LogP contribution in [-0.2, 0) is 6.42 Å². The Morgan fingerprint density at radius 2 is 2.00 bits per heavy atom. The van der Waals surface area contributed by atoms with Crippen molar-refractivity contribution < 1.29 is 4.74 Å². The number of hydrogen-bond donors (Lipinski definition) is 1. The Morgan fingerprint density at radius 3 is 2.63 bits per heavy atom. The second kappa shape index (κ2) is 6.73. The number of hydrogen-bond acceptors (Lipinski definition) is 4. The van der Waals surface area contributed by atoms with Crippen LogP contribution in [0.15, 0.2) is 6.33 Å². The van der Waals surface area contributed by atoms with Crippen molar-refractivity contribution in [2.24, 2.45) is 5.92 Å². The van der Waals surface area contributed by atoms with Crippen molar-refractivity contribution in [1.82, 2.24) is 9.97 Å². The lowest BCUT2D eigenvalue weighted by molar-refractivity contribution is 0.128. The SMILES string of the molecule is CCCc1c(NC)ncnc1OC1CCC(C)CC1. The number of rotatable bonds is 5. The molecule has 1 N–H and O–H groups in total. The molecule has 1 aromatic rings. The highest BCUT2D eigenvalue weighted by atomic mass is 16.5. The van der Waals surface area contributed by atoms with E-state index in [1.54, 1.807) is 6.33 Å². The minimum Gasteiger partial charge on any atom is -0.474 e. The standard InChI is InChI=1S/C15H25N3O/c1-4-5-13-14(16-3)17-10-18-15(13)19-12-8-6-11(2)7-9-12/h10-12H,4-9H2,1-3H3,(H,16,17,18). The smallest absolute Gasteiger partial charge is 0.222 e. The van der Waals surface area contributed by atoms with Crippen molar-refractivity contribution in [3.05, 3.63) is 11.9 Å². The number of anilines is 1. The van der Waals surface area contributed by atoms with E-state index in [0.29, 0.717) is 6.10 Å². The Morgan fingerprint density at radius 1 is 1.26 bits per heavy atom. The molecule has 0 saturated heterocycles. The van der Waals surface area contributed by atoms with Crippen molar-refractivity contribution in [1.29, 1.82) is 0 Å². The molecule has 106 valence electrons. The zero-order chi connectivity index (χ0) is 13.7. The van der Waals surface area contributed by atoms with Crippen LogP contribution < -0.4 is 10.1 Å². The minimum absolute atomic E-state index is 0.325. The molecule has 0 bridgehead atoms. The van der Waals surface area contributed by atoms with E-state index in [1.807, 2.05) is 7.05 Å². The predicted octanol–water partition coefficient (Wildman–Crippen LogP) is 3.43. The summed E-state index contributed by atoms with van der Waals surface area (Å²) in [6, 6.07) is 0. The van der Waals surface area contributed by atoms with Crippen molar-refractivity contribution in [3.8, 4) is 5.88 Å². The van der Waals surface area contributed by atoms with E-state index in [-0.39, 0.29) is 0 Å². The summed E-state index contributed by atoms with van der Waals surface area (Å²) in [4.78, 5) is 8.63. The second-order valence-electron chi connectivity index (χ2n) is 5.51. The average molecular weight is 263 g/mol. The molecule has 2 rings (SSSR count). The molecule has 0 radical (unpaired) electrons. The van der Waals surface area contributed by atoms with E-state index in [1.165, 1.54) is 12.8 Å². The normalized spacial score (nSPS) is 23.1. The highest BCUT2D eigenvalue weighted by Crippen LogP contribution is 2.29. The highest BCUT2D eigenvalue weighted by molar-refractivity contribution is 5.48. The molecule has 0 amide bonds. The molecule has 1 heterocycles. The molecule has 1 aliphatic carbocycles. The van der Waals surface area contributed by atoms with E-state index >= 15 is 0 Å². The van der Waals surface area contributed by atoms with Gasteiger partial charge in [0.15, 0.2) is 0 Å². The molecule has 0 aromatic carbocycles. The van der Waals surface area contributed by atoms with E-state index in [9.17, 15) is 0 Å². The maximum Gasteiger partial charge on any atom is 0.222 e. The van der Waals surface area contributed by atoms with Gasteiger partial charge in [-0.3, -0.25) is 0 Å². The van der Waals surface area contributed by atoms with Crippen LogP contribution in [0, 0.1) is 5.92 Å². The van der Waals surface area contributed by atoms with Crippen molar-refractivity contribution in [2.45, 2.75) is 58.5 Å². The van der Waals surface area contributed by atoms with Crippen molar-refractivity contribution >= 4 is 5.82 Å². The molecule has 19 heavy (non-hydrogen) atoms. The van der Waals surface area contributed by atoms with E-state index in [0.717, 1.165) is 48.9 Å². The fourth-order valence-electron chi connectivity index (χ4n) is 2.69. The van der Waals surface area contributed by atoms with Gasteiger partial charge in [0.2, 0.25) is 5.88 Å². The van der Waals surface area contributed by atoms with Crippen LogP contribution in [-0.4, -0.2) is 23.1 Å². The third-order valence-corrected chi connectivity index (χ3v) is 3.88. The lowest BCUT2D eigenvalue weighted by atomic mass is 9.89. The average Bonchev–Trinajstić information content (AvgIpc) is 2.43. The van der Waals surface area contributed by atoms with Gasteiger partial charge in [0.05, 0.1) is 5.56 Å². The number of aromatic nitrogens is 2. The molecule has 4 nitrogen and oxygen atoms in total. The van der Waals surface area contributed by atoms with Crippen LogP contribution in [0.2, 0.25) is 0 Å². The van der Waals surface area contributed by atoms with Crippen LogP contribution >= 0.6 is 0 Å². The summed E-state index contributed by atoms with van der Waals surface area (Å²) in [7, 11) is 1.90. The Hall–Kier alpha value is -1.32. The highest BCUT2D eigenvalue weighted by Gasteiger charge is 2.21.